The van der Waals surface area contributed by atoms with Crippen LogP contribution in [0.15, 0.2) is 24.4 Å². The summed E-state index contributed by atoms with van der Waals surface area (Å²) in [5, 5.41) is 11.9. The summed E-state index contributed by atoms with van der Waals surface area (Å²) >= 11 is 6.07. The smallest absolute Gasteiger partial charge is 0.226 e. The van der Waals surface area contributed by atoms with E-state index in [4.69, 9.17) is 17.3 Å². The first-order valence-electron chi connectivity index (χ1n) is 7.76. The van der Waals surface area contributed by atoms with E-state index < -0.39 is 12.7 Å². The van der Waals surface area contributed by atoms with E-state index in [9.17, 15) is 4.39 Å². The van der Waals surface area contributed by atoms with Gasteiger partial charge in [0.15, 0.2) is 5.65 Å². The highest BCUT2D eigenvalue weighted by Gasteiger charge is 2.13. The molecule has 0 fully saturated rings. The largest absolute Gasteiger partial charge is 0.352 e. The van der Waals surface area contributed by atoms with E-state index in [0.29, 0.717) is 22.4 Å². The van der Waals surface area contributed by atoms with E-state index in [1.807, 2.05) is 25.1 Å². The minimum absolute atomic E-state index is 0.235. The molecule has 0 aliphatic rings. The van der Waals surface area contributed by atoms with Crippen molar-refractivity contribution in [3.63, 3.8) is 0 Å². The fraction of sp³-hybridized carbons (Fsp3) is 0.312. The topological polar surface area (TPSA) is 93.7 Å². The van der Waals surface area contributed by atoms with Crippen molar-refractivity contribution >= 4 is 40.1 Å². The summed E-state index contributed by atoms with van der Waals surface area (Å²) in [5.41, 5.74) is 8.05. The fourth-order valence-corrected chi connectivity index (χ4v) is 2.45. The third-order valence-corrected chi connectivity index (χ3v) is 4.16. The van der Waals surface area contributed by atoms with Gasteiger partial charge in [0.1, 0.15) is 12.5 Å². The average Bonchev–Trinajstić information content (AvgIpc) is 2.97. The van der Waals surface area contributed by atoms with Crippen molar-refractivity contribution in [1.82, 2.24) is 19.7 Å². The number of hydrogen-bond acceptors (Lipinski definition) is 6. The highest BCUT2D eigenvalue weighted by Crippen LogP contribution is 2.27. The molecule has 9 heteroatoms. The van der Waals surface area contributed by atoms with Gasteiger partial charge in [-0.05, 0) is 30.7 Å². The van der Waals surface area contributed by atoms with Gasteiger partial charge in [0.2, 0.25) is 5.95 Å². The van der Waals surface area contributed by atoms with Crippen molar-refractivity contribution in [3.8, 4) is 0 Å². The summed E-state index contributed by atoms with van der Waals surface area (Å²) in [6.45, 7) is 1.55. The van der Waals surface area contributed by atoms with Crippen LogP contribution in [-0.4, -0.2) is 39.0 Å². The van der Waals surface area contributed by atoms with Crippen LogP contribution >= 0.6 is 11.6 Å². The average molecular weight is 364 g/mol. The van der Waals surface area contributed by atoms with Crippen LogP contribution in [0.25, 0.3) is 11.0 Å². The van der Waals surface area contributed by atoms with Crippen LogP contribution in [-0.2, 0) is 7.05 Å². The Hall–Kier alpha value is -2.45. The number of alkyl halides is 1. The number of fused-ring (bicyclic) bond motifs is 1. The van der Waals surface area contributed by atoms with E-state index in [1.165, 1.54) is 0 Å². The molecule has 0 saturated heterocycles. The van der Waals surface area contributed by atoms with E-state index >= 15 is 0 Å². The van der Waals surface area contributed by atoms with Gasteiger partial charge in [0.25, 0.3) is 0 Å². The number of halogens is 2. The zero-order chi connectivity index (χ0) is 18.0. The summed E-state index contributed by atoms with van der Waals surface area (Å²) in [5.74, 6) is 0.948. The number of benzene rings is 1. The Morgan fingerprint density at radius 1 is 1.36 bits per heavy atom. The molecule has 0 radical (unpaired) electrons. The third-order valence-electron chi connectivity index (χ3n) is 3.73. The number of nitrogens with two attached hydrogens (primary N) is 1. The summed E-state index contributed by atoms with van der Waals surface area (Å²) in [4.78, 5) is 8.88. The predicted octanol–water partition coefficient (Wildman–Crippen LogP) is 2.78. The summed E-state index contributed by atoms with van der Waals surface area (Å²) in [7, 11) is 1.79. The van der Waals surface area contributed by atoms with E-state index in [1.54, 1.807) is 17.9 Å². The van der Waals surface area contributed by atoms with Crippen molar-refractivity contribution < 1.29 is 4.39 Å². The molecule has 3 rings (SSSR count). The summed E-state index contributed by atoms with van der Waals surface area (Å²) in [6, 6.07) is 5.01. The molecule has 3 aromatic rings. The van der Waals surface area contributed by atoms with Crippen molar-refractivity contribution in [1.29, 1.82) is 0 Å². The number of anilines is 3. The Labute approximate surface area is 149 Å². The molecule has 0 bridgehead atoms. The number of nitrogens with zero attached hydrogens (tertiary/aromatic N) is 4. The number of rotatable bonds is 6. The molecule has 1 aromatic carbocycles. The minimum atomic E-state index is -0.615. The van der Waals surface area contributed by atoms with Crippen LogP contribution in [0.3, 0.4) is 0 Å². The zero-order valence-corrected chi connectivity index (χ0v) is 14.7. The molecule has 0 aliphatic carbocycles. The molecule has 25 heavy (non-hydrogen) atoms. The SMILES string of the molecule is Cc1cc(Nc2nc(NCC(N)CF)nc3c2cnn3C)ccc1Cl. The number of hydrogen-bond donors (Lipinski definition) is 3. The highest BCUT2D eigenvalue weighted by atomic mass is 35.5. The monoisotopic (exact) mass is 363 g/mol. The first-order valence-corrected chi connectivity index (χ1v) is 8.14. The third kappa shape index (κ3) is 3.80. The predicted molar refractivity (Wildman–Crippen MR) is 98.2 cm³/mol. The van der Waals surface area contributed by atoms with Crippen molar-refractivity contribution in [2.45, 2.75) is 13.0 Å². The quantitative estimate of drug-likeness (QED) is 0.623. The lowest BCUT2D eigenvalue weighted by molar-refractivity contribution is 0.437. The lowest BCUT2D eigenvalue weighted by atomic mass is 10.2. The minimum Gasteiger partial charge on any atom is -0.352 e. The molecule has 0 amide bonds. The Balaban J connectivity index is 1.95. The van der Waals surface area contributed by atoms with Crippen LogP contribution in [0.1, 0.15) is 5.56 Å². The lowest BCUT2D eigenvalue weighted by Crippen LogP contribution is -2.31. The summed E-state index contributed by atoms with van der Waals surface area (Å²) < 4.78 is 14.2. The number of aromatic nitrogens is 4. The van der Waals surface area contributed by atoms with E-state index in [-0.39, 0.29) is 6.54 Å². The standard InChI is InChI=1S/C16H19ClFN7/c1-9-5-11(3-4-13(9)17)22-14-12-8-21-25(2)15(12)24-16(23-14)20-7-10(19)6-18/h3-5,8,10H,6-7,19H2,1-2H3,(H2,20,22,23,24). The Kier molecular flexibility index (Phi) is 5.00. The van der Waals surface area contributed by atoms with Crippen LogP contribution < -0.4 is 16.4 Å². The molecule has 1 atom stereocenters. The second kappa shape index (κ2) is 7.20. The molecular formula is C16H19ClFN7. The van der Waals surface area contributed by atoms with Crippen molar-refractivity contribution in [2.75, 3.05) is 23.9 Å². The van der Waals surface area contributed by atoms with Crippen LogP contribution in [0, 0.1) is 6.92 Å². The first kappa shape index (κ1) is 17.4. The molecule has 7 nitrogen and oxygen atoms in total. The fourth-order valence-electron chi connectivity index (χ4n) is 2.33. The molecule has 4 N–H and O–H groups in total. The molecule has 0 spiro atoms. The van der Waals surface area contributed by atoms with Gasteiger partial charge >= 0.3 is 0 Å². The molecular weight excluding hydrogens is 345 g/mol. The van der Waals surface area contributed by atoms with Gasteiger partial charge in [-0.3, -0.25) is 4.68 Å². The van der Waals surface area contributed by atoms with Gasteiger partial charge in [0, 0.05) is 24.3 Å². The van der Waals surface area contributed by atoms with Gasteiger partial charge in [-0.25, -0.2) is 4.39 Å². The molecule has 2 aromatic heterocycles. The maximum Gasteiger partial charge on any atom is 0.226 e. The Morgan fingerprint density at radius 3 is 2.88 bits per heavy atom. The van der Waals surface area contributed by atoms with Crippen molar-refractivity contribution in [3.05, 3.63) is 35.0 Å². The first-order chi connectivity index (χ1) is 12.0. The Morgan fingerprint density at radius 2 is 2.16 bits per heavy atom. The maximum atomic E-state index is 12.6. The van der Waals surface area contributed by atoms with Crippen LogP contribution in [0.4, 0.5) is 21.8 Å². The van der Waals surface area contributed by atoms with Crippen molar-refractivity contribution in [2.24, 2.45) is 12.8 Å². The summed E-state index contributed by atoms with van der Waals surface area (Å²) in [6.07, 6.45) is 1.69. The Bertz CT molecular complexity index is 896. The van der Waals surface area contributed by atoms with Crippen LogP contribution in [0.5, 0.6) is 0 Å². The molecule has 2 heterocycles. The van der Waals surface area contributed by atoms with Gasteiger partial charge in [-0.15, -0.1) is 0 Å². The molecule has 0 saturated carbocycles. The van der Waals surface area contributed by atoms with Gasteiger partial charge in [-0.2, -0.15) is 15.1 Å². The molecule has 132 valence electrons. The van der Waals surface area contributed by atoms with Gasteiger partial charge in [-0.1, -0.05) is 11.6 Å². The molecule has 0 aliphatic heterocycles. The van der Waals surface area contributed by atoms with E-state index in [2.05, 4.69) is 25.7 Å². The highest BCUT2D eigenvalue weighted by molar-refractivity contribution is 6.31. The van der Waals surface area contributed by atoms with E-state index in [0.717, 1.165) is 16.6 Å². The van der Waals surface area contributed by atoms with Gasteiger partial charge in [0.05, 0.1) is 17.6 Å². The van der Waals surface area contributed by atoms with Gasteiger partial charge < -0.3 is 16.4 Å². The second-order valence-electron chi connectivity index (χ2n) is 5.79. The molecule has 1 unspecified atom stereocenters. The normalized spacial score (nSPS) is 12.4. The second-order valence-corrected chi connectivity index (χ2v) is 6.19. The zero-order valence-electron chi connectivity index (χ0n) is 13.9. The number of aryl methyl sites for hydroxylation is 2. The number of nitrogens with one attached hydrogen (secondary N) is 2. The maximum absolute atomic E-state index is 12.6. The lowest BCUT2D eigenvalue weighted by Gasteiger charge is -2.12. The van der Waals surface area contributed by atoms with Crippen LogP contribution in [0.2, 0.25) is 5.02 Å².